The maximum atomic E-state index is 11.8. The van der Waals surface area contributed by atoms with Crippen molar-refractivity contribution in [1.82, 2.24) is 5.32 Å². The Morgan fingerprint density at radius 1 is 0.793 bits per heavy atom. The van der Waals surface area contributed by atoms with Gasteiger partial charge in [-0.25, -0.2) is 4.79 Å². The predicted octanol–water partition coefficient (Wildman–Crippen LogP) is 4.74. The van der Waals surface area contributed by atoms with Gasteiger partial charge in [0.1, 0.15) is 13.2 Å². The van der Waals surface area contributed by atoms with Crippen molar-refractivity contribution in [2.24, 2.45) is 0 Å². The van der Waals surface area contributed by atoms with Gasteiger partial charge in [-0.2, -0.15) is 0 Å². The Morgan fingerprint density at radius 2 is 1.45 bits per heavy atom. The molecule has 3 rings (SSSR count). The Kier molecular flexibility index (Phi) is 7.52. The Hall–Kier alpha value is -3.47. The Labute approximate surface area is 171 Å². The summed E-state index contributed by atoms with van der Waals surface area (Å²) < 4.78 is 16.5. The van der Waals surface area contributed by atoms with Crippen LogP contribution in [-0.2, 0) is 24.4 Å². The number of nitrogens with one attached hydrogen (secondary N) is 1. The number of benzene rings is 3. The molecular weight excluding hydrogens is 366 g/mol. The van der Waals surface area contributed by atoms with Gasteiger partial charge in [-0.3, -0.25) is 0 Å². The van der Waals surface area contributed by atoms with Crippen LogP contribution in [0.25, 0.3) is 0 Å². The van der Waals surface area contributed by atoms with Crippen molar-refractivity contribution < 1.29 is 19.0 Å². The highest BCUT2D eigenvalue weighted by atomic mass is 16.5. The third-order valence-corrected chi connectivity index (χ3v) is 4.36. The number of methoxy groups -OCH3 is 1. The number of hydrogen-bond donors (Lipinski definition) is 1. The first-order valence-corrected chi connectivity index (χ1v) is 9.53. The van der Waals surface area contributed by atoms with Crippen LogP contribution in [0, 0.1) is 0 Å². The largest absolute Gasteiger partial charge is 0.493 e. The van der Waals surface area contributed by atoms with Gasteiger partial charge in [0, 0.05) is 6.54 Å². The number of carbonyl (C=O) groups is 1. The zero-order chi connectivity index (χ0) is 20.3. The second kappa shape index (κ2) is 10.8. The van der Waals surface area contributed by atoms with Crippen LogP contribution in [-0.4, -0.2) is 19.7 Å². The molecule has 0 spiro atoms. The topological polar surface area (TPSA) is 56.8 Å². The number of rotatable bonds is 9. The van der Waals surface area contributed by atoms with Crippen molar-refractivity contribution in [2.45, 2.75) is 19.6 Å². The quantitative estimate of drug-likeness (QED) is 0.572. The first-order chi connectivity index (χ1) is 14.2. The summed E-state index contributed by atoms with van der Waals surface area (Å²) in [5.41, 5.74) is 3.09. The molecule has 0 unspecified atom stereocenters. The van der Waals surface area contributed by atoms with Gasteiger partial charge < -0.3 is 19.5 Å². The van der Waals surface area contributed by atoms with Gasteiger partial charge in [-0.15, -0.1) is 0 Å². The Balaban J connectivity index is 1.45. The van der Waals surface area contributed by atoms with Gasteiger partial charge >= 0.3 is 6.09 Å². The van der Waals surface area contributed by atoms with E-state index in [0.29, 0.717) is 31.1 Å². The summed E-state index contributed by atoms with van der Waals surface area (Å²) in [6, 6.07) is 25.4. The minimum absolute atomic E-state index is 0.258. The molecular formula is C24H25NO4. The third-order valence-electron chi connectivity index (χ3n) is 4.36. The van der Waals surface area contributed by atoms with E-state index >= 15 is 0 Å². The summed E-state index contributed by atoms with van der Waals surface area (Å²) >= 11 is 0. The molecule has 150 valence electrons. The highest BCUT2D eigenvalue weighted by Gasteiger charge is 2.08. The highest BCUT2D eigenvalue weighted by molar-refractivity contribution is 5.67. The van der Waals surface area contributed by atoms with Gasteiger partial charge in [0.15, 0.2) is 11.5 Å². The van der Waals surface area contributed by atoms with Crippen LogP contribution in [0.5, 0.6) is 11.5 Å². The summed E-state index contributed by atoms with van der Waals surface area (Å²) in [4.78, 5) is 11.8. The Bertz CT molecular complexity index is 897. The molecule has 3 aromatic rings. The molecule has 0 aliphatic rings. The molecule has 0 bridgehead atoms. The molecule has 0 saturated carbocycles. The fourth-order valence-corrected chi connectivity index (χ4v) is 2.81. The van der Waals surface area contributed by atoms with Crippen molar-refractivity contribution in [3.8, 4) is 11.5 Å². The smallest absolute Gasteiger partial charge is 0.407 e. The molecule has 0 fully saturated rings. The zero-order valence-corrected chi connectivity index (χ0v) is 16.5. The average molecular weight is 391 g/mol. The molecule has 29 heavy (non-hydrogen) atoms. The molecule has 0 aromatic heterocycles. The SMILES string of the molecule is COc1cc(CCNC(=O)OCc2ccccc2)ccc1OCc1ccccc1. The minimum atomic E-state index is -0.427. The molecule has 0 aliphatic heterocycles. The predicted molar refractivity (Wildman–Crippen MR) is 112 cm³/mol. The average Bonchev–Trinajstić information content (AvgIpc) is 2.78. The molecule has 5 heteroatoms. The van der Waals surface area contributed by atoms with Crippen LogP contribution in [0.1, 0.15) is 16.7 Å². The van der Waals surface area contributed by atoms with Crippen LogP contribution < -0.4 is 14.8 Å². The maximum Gasteiger partial charge on any atom is 0.407 e. The minimum Gasteiger partial charge on any atom is -0.493 e. The number of ether oxygens (including phenoxy) is 3. The first kappa shape index (κ1) is 20.3. The monoisotopic (exact) mass is 391 g/mol. The van der Waals surface area contributed by atoms with E-state index in [4.69, 9.17) is 14.2 Å². The number of hydrogen-bond acceptors (Lipinski definition) is 4. The van der Waals surface area contributed by atoms with E-state index in [9.17, 15) is 4.79 Å². The number of carbonyl (C=O) groups excluding carboxylic acids is 1. The van der Waals surface area contributed by atoms with Crippen molar-refractivity contribution in [3.63, 3.8) is 0 Å². The van der Waals surface area contributed by atoms with Gasteiger partial charge in [0.2, 0.25) is 0 Å². The van der Waals surface area contributed by atoms with E-state index < -0.39 is 6.09 Å². The summed E-state index contributed by atoms with van der Waals surface area (Å²) in [6.07, 6.45) is 0.235. The van der Waals surface area contributed by atoms with Crippen molar-refractivity contribution in [3.05, 3.63) is 95.6 Å². The Morgan fingerprint density at radius 3 is 2.10 bits per heavy atom. The molecule has 0 saturated heterocycles. The fraction of sp³-hybridized carbons (Fsp3) is 0.208. The molecule has 0 radical (unpaired) electrons. The van der Waals surface area contributed by atoms with Gasteiger partial charge in [-0.05, 0) is 35.2 Å². The second-order valence-corrected chi connectivity index (χ2v) is 6.50. The number of alkyl carbamates (subject to hydrolysis) is 1. The first-order valence-electron chi connectivity index (χ1n) is 9.53. The van der Waals surface area contributed by atoms with Crippen LogP contribution in [0.15, 0.2) is 78.9 Å². The van der Waals surface area contributed by atoms with E-state index in [1.165, 1.54) is 0 Å². The molecule has 3 aromatic carbocycles. The second-order valence-electron chi connectivity index (χ2n) is 6.50. The molecule has 1 N–H and O–H groups in total. The summed E-state index contributed by atoms with van der Waals surface area (Å²) in [5.74, 6) is 1.36. The summed E-state index contributed by atoms with van der Waals surface area (Å²) in [7, 11) is 1.62. The number of amides is 1. The third kappa shape index (κ3) is 6.57. The van der Waals surface area contributed by atoms with Crippen molar-refractivity contribution in [2.75, 3.05) is 13.7 Å². The molecule has 5 nitrogen and oxygen atoms in total. The van der Waals surface area contributed by atoms with Gasteiger partial charge in [0.25, 0.3) is 0 Å². The van der Waals surface area contributed by atoms with Crippen LogP contribution >= 0.6 is 0 Å². The van der Waals surface area contributed by atoms with Gasteiger partial charge in [0.05, 0.1) is 7.11 Å². The zero-order valence-electron chi connectivity index (χ0n) is 16.5. The molecule has 1 amide bonds. The van der Waals surface area contributed by atoms with Crippen LogP contribution in [0.2, 0.25) is 0 Å². The summed E-state index contributed by atoms with van der Waals surface area (Å²) in [6.45, 7) is 1.21. The lowest BCUT2D eigenvalue weighted by molar-refractivity contribution is 0.140. The lowest BCUT2D eigenvalue weighted by Crippen LogP contribution is -2.26. The fourth-order valence-electron chi connectivity index (χ4n) is 2.81. The van der Waals surface area contributed by atoms with Crippen LogP contribution in [0.3, 0.4) is 0 Å². The lowest BCUT2D eigenvalue weighted by Gasteiger charge is -2.13. The van der Waals surface area contributed by atoms with Crippen LogP contribution in [0.4, 0.5) is 4.79 Å². The van der Waals surface area contributed by atoms with E-state index in [1.807, 2.05) is 78.9 Å². The van der Waals surface area contributed by atoms with Crippen molar-refractivity contribution >= 4 is 6.09 Å². The molecule has 0 aliphatic carbocycles. The highest BCUT2D eigenvalue weighted by Crippen LogP contribution is 2.29. The molecule has 0 heterocycles. The van der Waals surface area contributed by atoms with E-state index in [1.54, 1.807) is 7.11 Å². The summed E-state index contributed by atoms with van der Waals surface area (Å²) in [5, 5.41) is 2.77. The lowest BCUT2D eigenvalue weighted by atomic mass is 10.1. The van der Waals surface area contributed by atoms with E-state index in [2.05, 4.69) is 5.32 Å². The van der Waals surface area contributed by atoms with Crippen molar-refractivity contribution in [1.29, 1.82) is 0 Å². The molecule has 0 atom stereocenters. The normalized spacial score (nSPS) is 10.2. The van der Waals surface area contributed by atoms with E-state index in [0.717, 1.165) is 16.7 Å². The van der Waals surface area contributed by atoms with Gasteiger partial charge in [-0.1, -0.05) is 66.7 Å². The standard InChI is InChI=1S/C24H25NO4/c1-27-23-16-19(12-13-22(23)28-17-20-8-4-2-5-9-20)14-15-25-24(26)29-18-21-10-6-3-7-11-21/h2-13,16H,14-15,17-18H2,1H3,(H,25,26). The maximum absolute atomic E-state index is 11.8. The van der Waals surface area contributed by atoms with E-state index in [-0.39, 0.29) is 6.61 Å².